The van der Waals surface area contributed by atoms with E-state index in [1.807, 2.05) is 24.3 Å². The molecular weight excluding hydrogens is 467 g/mol. The first-order chi connectivity index (χ1) is 13.2. The van der Waals surface area contributed by atoms with Crippen molar-refractivity contribution in [1.29, 1.82) is 0 Å². The molecule has 0 atom stereocenters. The Bertz CT molecular complexity index is 924. The van der Waals surface area contributed by atoms with E-state index in [4.69, 9.17) is 9.47 Å². The van der Waals surface area contributed by atoms with Crippen LogP contribution in [0.15, 0.2) is 53.7 Å². The van der Waals surface area contributed by atoms with Gasteiger partial charge in [-0.3, -0.25) is 4.99 Å². The second-order valence-electron chi connectivity index (χ2n) is 6.15. The van der Waals surface area contributed by atoms with Crippen LogP contribution in [0, 0.1) is 0 Å². The Morgan fingerprint density at radius 1 is 1.04 bits per heavy atom. The highest BCUT2D eigenvalue weighted by Gasteiger charge is 2.06. The number of methoxy groups -OCH3 is 2. The third kappa shape index (κ3) is 5.31. The zero-order chi connectivity index (χ0) is 19.1. The minimum Gasteiger partial charge on any atom is -0.493 e. The number of aliphatic imine (C=N–C) groups is 1. The first-order valence-electron chi connectivity index (χ1n) is 8.95. The molecule has 28 heavy (non-hydrogen) atoms. The summed E-state index contributed by atoms with van der Waals surface area (Å²) >= 11 is 0. The Morgan fingerprint density at radius 3 is 2.57 bits per heavy atom. The predicted octanol–water partition coefficient (Wildman–Crippen LogP) is 3.71. The third-order valence-electron chi connectivity index (χ3n) is 4.49. The molecule has 3 aromatic rings. The zero-order valence-electron chi connectivity index (χ0n) is 16.4. The molecule has 1 heterocycles. The quantitative estimate of drug-likeness (QED) is 0.266. The van der Waals surface area contributed by atoms with Gasteiger partial charge in [0.1, 0.15) is 0 Å². The summed E-state index contributed by atoms with van der Waals surface area (Å²) in [6.07, 6.45) is 2.99. The minimum atomic E-state index is 0. The third-order valence-corrected chi connectivity index (χ3v) is 4.49. The van der Waals surface area contributed by atoms with Crippen LogP contribution in [-0.2, 0) is 13.0 Å². The Hall–Kier alpha value is -2.42. The van der Waals surface area contributed by atoms with Crippen molar-refractivity contribution in [1.82, 2.24) is 15.6 Å². The molecule has 3 N–H and O–H groups in total. The van der Waals surface area contributed by atoms with Gasteiger partial charge in [-0.1, -0.05) is 24.3 Å². The number of rotatable bonds is 7. The monoisotopic (exact) mass is 494 g/mol. The number of aromatic amines is 1. The average Bonchev–Trinajstić information content (AvgIpc) is 3.13. The summed E-state index contributed by atoms with van der Waals surface area (Å²) in [5, 5.41) is 7.96. The zero-order valence-corrected chi connectivity index (χ0v) is 18.7. The van der Waals surface area contributed by atoms with E-state index in [9.17, 15) is 0 Å². The van der Waals surface area contributed by atoms with Gasteiger partial charge < -0.3 is 25.1 Å². The van der Waals surface area contributed by atoms with E-state index in [1.54, 1.807) is 21.3 Å². The molecule has 2 aromatic carbocycles. The Morgan fingerprint density at radius 2 is 1.82 bits per heavy atom. The van der Waals surface area contributed by atoms with Crippen LogP contribution in [0.3, 0.4) is 0 Å². The van der Waals surface area contributed by atoms with Gasteiger partial charge in [-0.25, -0.2) is 0 Å². The predicted molar refractivity (Wildman–Crippen MR) is 125 cm³/mol. The molecule has 0 fully saturated rings. The van der Waals surface area contributed by atoms with E-state index >= 15 is 0 Å². The first kappa shape index (κ1) is 21.9. The summed E-state index contributed by atoms with van der Waals surface area (Å²) in [6.45, 7) is 1.45. The molecule has 0 spiro atoms. The van der Waals surface area contributed by atoms with Crippen LogP contribution in [0.25, 0.3) is 10.9 Å². The smallest absolute Gasteiger partial charge is 0.191 e. The average molecular weight is 494 g/mol. The molecule has 1 aromatic heterocycles. The molecule has 3 rings (SSSR count). The van der Waals surface area contributed by atoms with Crippen molar-refractivity contribution < 1.29 is 9.47 Å². The summed E-state index contributed by atoms with van der Waals surface area (Å²) in [7, 11) is 5.05. The number of hydrogen-bond acceptors (Lipinski definition) is 3. The molecule has 6 nitrogen and oxygen atoms in total. The van der Waals surface area contributed by atoms with Crippen LogP contribution in [0.1, 0.15) is 11.1 Å². The lowest BCUT2D eigenvalue weighted by Crippen LogP contribution is -2.37. The van der Waals surface area contributed by atoms with Crippen LogP contribution < -0.4 is 20.1 Å². The van der Waals surface area contributed by atoms with Gasteiger partial charge in [-0.2, -0.15) is 0 Å². The largest absolute Gasteiger partial charge is 0.493 e. The maximum absolute atomic E-state index is 5.35. The molecule has 0 radical (unpaired) electrons. The Kier molecular flexibility index (Phi) is 8.43. The van der Waals surface area contributed by atoms with E-state index in [-0.39, 0.29) is 24.0 Å². The van der Waals surface area contributed by atoms with Gasteiger partial charge in [0, 0.05) is 37.2 Å². The number of para-hydroxylation sites is 1. The molecule has 0 amide bonds. The van der Waals surface area contributed by atoms with E-state index in [2.05, 4.69) is 45.0 Å². The minimum absolute atomic E-state index is 0. The number of fused-ring (bicyclic) bond motifs is 1. The van der Waals surface area contributed by atoms with Crippen LogP contribution in [0.5, 0.6) is 11.5 Å². The lowest BCUT2D eigenvalue weighted by atomic mass is 10.1. The number of aromatic nitrogens is 1. The van der Waals surface area contributed by atoms with Crippen molar-refractivity contribution in [2.45, 2.75) is 13.0 Å². The van der Waals surface area contributed by atoms with Crippen molar-refractivity contribution in [2.24, 2.45) is 4.99 Å². The fourth-order valence-corrected chi connectivity index (χ4v) is 3.05. The fraction of sp³-hybridized carbons (Fsp3) is 0.286. The van der Waals surface area contributed by atoms with Gasteiger partial charge in [0.25, 0.3) is 0 Å². The molecule has 0 unspecified atom stereocenters. The lowest BCUT2D eigenvalue weighted by Gasteiger charge is -2.13. The van der Waals surface area contributed by atoms with Gasteiger partial charge in [0.05, 0.1) is 14.2 Å². The molecule has 0 aliphatic heterocycles. The van der Waals surface area contributed by atoms with E-state index in [1.165, 1.54) is 16.5 Å². The summed E-state index contributed by atoms with van der Waals surface area (Å²) in [6, 6.07) is 14.2. The molecule has 150 valence electrons. The number of H-pyrrole nitrogens is 1. The van der Waals surface area contributed by atoms with Crippen molar-refractivity contribution in [3.63, 3.8) is 0 Å². The highest BCUT2D eigenvalue weighted by molar-refractivity contribution is 14.0. The van der Waals surface area contributed by atoms with Gasteiger partial charge in [0.15, 0.2) is 17.5 Å². The van der Waals surface area contributed by atoms with E-state index in [0.29, 0.717) is 6.54 Å². The number of halogens is 1. The maximum Gasteiger partial charge on any atom is 0.191 e. The number of guanidine groups is 1. The second kappa shape index (κ2) is 10.8. The number of nitrogens with zero attached hydrogens (tertiary/aromatic N) is 1. The number of nitrogens with one attached hydrogen (secondary N) is 3. The van der Waals surface area contributed by atoms with Crippen molar-refractivity contribution in [3.05, 3.63) is 59.8 Å². The molecule has 0 aliphatic carbocycles. The Labute approximate surface area is 182 Å². The molecule has 0 saturated carbocycles. The van der Waals surface area contributed by atoms with Crippen LogP contribution in [0.4, 0.5) is 0 Å². The molecule has 7 heteroatoms. The number of hydrogen-bond donors (Lipinski definition) is 3. The van der Waals surface area contributed by atoms with Gasteiger partial charge in [-0.15, -0.1) is 24.0 Å². The summed E-state index contributed by atoms with van der Waals surface area (Å²) < 4.78 is 10.6. The topological polar surface area (TPSA) is 70.7 Å². The first-order valence-corrected chi connectivity index (χ1v) is 8.95. The molecule has 0 saturated heterocycles. The van der Waals surface area contributed by atoms with Gasteiger partial charge in [-0.05, 0) is 35.7 Å². The second-order valence-corrected chi connectivity index (χ2v) is 6.15. The van der Waals surface area contributed by atoms with Crippen molar-refractivity contribution in [2.75, 3.05) is 27.8 Å². The van der Waals surface area contributed by atoms with Gasteiger partial charge in [0.2, 0.25) is 0 Å². The van der Waals surface area contributed by atoms with Crippen molar-refractivity contribution >= 4 is 40.8 Å². The van der Waals surface area contributed by atoms with Crippen molar-refractivity contribution in [3.8, 4) is 11.5 Å². The maximum atomic E-state index is 5.35. The summed E-state index contributed by atoms with van der Waals surface area (Å²) in [5.74, 6) is 2.21. The molecule has 0 bridgehead atoms. The fourth-order valence-electron chi connectivity index (χ4n) is 3.05. The SMILES string of the molecule is CN=C(NCCc1c[nH]c2ccccc12)NCc1ccc(OC)c(OC)c1.I. The normalized spacial score (nSPS) is 11.0. The standard InChI is InChI=1S/C21H26N4O2.HI/c1-22-21(25-13-15-8-9-19(26-2)20(12-15)27-3)23-11-10-16-14-24-18-7-5-4-6-17(16)18;/h4-9,12,14,24H,10-11,13H2,1-3H3,(H2,22,23,25);1H. The number of ether oxygens (including phenoxy) is 2. The highest BCUT2D eigenvalue weighted by atomic mass is 127. The van der Waals surface area contributed by atoms with E-state index in [0.717, 1.165) is 36.0 Å². The molecular formula is C21H27IN4O2. The molecule has 0 aliphatic rings. The van der Waals surface area contributed by atoms with Crippen LogP contribution in [-0.4, -0.2) is 38.8 Å². The number of benzene rings is 2. The summed E-state index contributed by atoms with van der Waals surface area (Å²) in [4.78, 5) is 7.60. The van der Waals surface area contributed by atoms with Gasteiger partial charge >= 0.3 is 0 Å². The highest BCUT2D eigenvalue weighted by Crippen LogP contribution is 2.27. The summed E-state index contributed by atoms with van der Waals surface area (Å²) in [5.41, 5.74) is 3.56. The van der Waals surface area contributed by atoms with E-state index < -0.39 is 0 Å². The van der Waals surface area contributed by atoms with Crippen LogP contribution >= 0.6 is 24.0 Å². The lowest BCUT2D eigenvalue weighted by molar-refractivity contribution is 0.354. The Balaban J connectivity index is 0.00000280. The van der Waals surface area contributed by atoms with Crippen LogP contribution in [0.2, 0.25) is 0 Å².